The van der Waals surface area contributed by atoms with Crippen LogP contribution in [0.15, 0.2) is 30.5 Å². The van der Waals surface area contributed by atoms with Crippen molar-refractivity contribution in [2.45, 2.75) is 57.5 Å². The van der Waals surface area contributed by atoms with Crippen molar-refractivity contribution in [2.75, 3.05) is 26.2 Å². The van der Waals surface area contributed by atoms with Crippen LogP contribution >= 0.6 is 0 Å². The number of nitro groups is 1. The van der Waals surface area contributed by atoms with Gasteiger partial charge < -0.3 is 4.90 Å². The lowest BCUT2D eigenvalue weighted by Gasteiger charge is -2.56. The zero-order chi connectivity index (χ0) is 23.4. The Hall–Kier alpha value is -2.74. The number of hydrogen-bond acceptors (Lipinski definition) is 5. The highest BCUT2D eigenvalue weighted by Gasteiger charge is 2.53. The molecular weight excluding hydrogens is 430 g/mol. The van der Waals surface area contributed by atoms with E-state index in [2.05, 4.69) is 41.2 Å². The Balaban J connectivity index is 1.18. The molecule has 1 aliphatic heterocycles. The molecule has 1 aromatic heterocycles. The lowest BCUT2D eigenvalue weighted by Crippen LogP contribution is -2.52. The number of benzene rings is 1. The first kappa shape index (κ1) is 21.8. The van der Waals surface area contributed by atoms with Crippen LogP contribution in [0.3, 0.4) is 0 Å². The SMILES string of the molecule is Cc1cccc(CN2CCN(C(=O)c3nn(C45CC6CC(CC(C6)C4)C5)cc3[N+](=O)[O-])CC2)c1. The number of amides is 1. The Labute approximate surface area is 200 Å². The normalized spacial score (nSPS) is 30.6. The predicted molar refractivity (Wildman–Crippen MR) is 127 cm³/mol. The van der Waals surface area contributed by atoms with Crippen LogP contribution in [0.1, 0.15) is 60.1 Å². The van der Waals surface area contributed by atoms with Crippen molar-refractivity contribution in [1.82, 2.24) is 19.6 Å². The number of carbonyl (C=O) groups excluding carboxylic acids is 1. The Morgan fingerprint density at radius 3 is 2.32 bits per heavy atom. The zero-order valence-corrected chi connectivity index (χ0v) is 19.9. The number of rotatable bonds is 5. The summed E-state index contributed by atoms with van der Waals surface area (Å²) in [6.45, 7) is 5.57. The summed E-state index contributed by atoms with van der Waals surface area (Å²) in [5.41, 5.74) is 2.26. The van der Waals surface area contributed by atoms with E-state index in [-0.39, 0.29) is 22.8 Å². The number of piperazine rings is 1. The maximum Gasteiger partial charge on any atom is 0.320 e. The highest BCUT2D eigenvalue weighted by molar-refractivity contribution is 5.96. The molecule has 0 atom stereocenters. The molecule has 1 aromatic carbocycles. The second-order valence-corrected chi connectivity index (χ2v) is 11.3. The molecule has 1 saturated heterocycles. The van der Waals surface area contributed by atoms with Crippen molar-refractivity contribution in [2.24, 2.45) is 17.8 Å². The van der Waals surface area contributed by atoms with Crippen molar-refractivity contribution in [3.8, 4) is 0 Å². The van der Waals surface area contributed by atoms with Gasteiger partial charge in [0.25, 0.3) is 5.91 Å². The number of aromatic nitrogens is 2. The van der Waals surface area contributed by atoms with Gasteiger partial charge in [-0.15, -0.1) is 0 Å². The fraction of sp³-hybridized carbons (Fsp3) is 0.615. The summed E-state index contributed by atoms with van der Waals surface area (Å²) in [7, 11) is 0. The van der Waals surface area contributed by atoms with Gasteiger partial charge in [-0.2, -0.15) is 5.10 Å². The standard InChI is InChI=1S/C26H33N5O3/c1-18-3-2-4-19(9-18)16-28-5-7-29(8-6-28)25(32)24-23(31(33)34)17-30(27-24)26-13-20-10-21(14-26)12-22(11-20)15-26/h2-4,9,17,20-22H,5-8,10-16H2,1H3. The van der Waals surface area contributed by atoms with Crippen LogP contribution in [0.5, 0.6) is 0 Å². The smallest absolute Gasteiger partial charge is 0.320 e. The van der Waals surface area contributed by atoms with Crippen molar-refractivity contribution >= 4 is 11.6 Å². The van der Waals surface area contributed by atoms with E-state index in [4.69, 9.17) is 0 Å². The lowest BCUT2D eigenvalue weighted by atomic mass is 9.53. The molecular formula is C26H33N5O3. The highest BCUT2D eigenvalue weighted by Crippen LogP contribution is 2.58. The van der Waals surface area contributed by atoms with Crippen molar-refractivity contribution in [3.05, 3.63) is 57.4 Å². The number of aryl methyl sites for hydroxylation is 1. The number of nitrogens with zero attached hydrogens (tertiary/aromatic N) is 5. The van der Waals surface area contributed by atoms with Gasteiger partial charge in [0.2, 0.25) is 5.69 Å². The van der Waals surface area contributed by atoms with Gasteiger partial charge in [-0.1, -0.05) is 29.8 Å². The summed E-state index contributed by atoms with van der Waals surface area (Å²) in [6.07, 6.45) is 8.58. The van der Waals surface area contributed by atoms with Crippen molar-refractivity contribution in [1.29, 1.82) is 0 Å². The molecule has 5 aliphatic rings. The van der Waals surface area contributed by atoms with E-state index >= 15 is 0 Å². The summed E-state index contributed by atoms with van der Waals surface area (Å²) >= 11 is 0. The Kier molecular flexibility index (Phi) is 5.24. The Bertz CT molecular complexity index is 1080. The first-order valence-corrected chi connectivity index (χ1v) is 12.7. The largest absolute Gasteiger partial charge is 0.334 e. The molecule has 0 unspecified atom stereocenters. The summed E-state index contributed by atoms with van der Waals surface area (Å²) in [4.78, 5) is 29.0. The van der Waals surface area contributed by atoms with Crippen molar-refractivity contribution < 1.29 is 9.72 Å². The van der Waals surface area contributed by atoms with Crippen LogP contribution in [0, 0.1) is 34.8 Å². The molecule has 1 amide bonds. The Morgan fingerprint density at radius 2 is 1.74 bits per heavy atom. The first-order chi connectivity index (χ1) is 16.4. The van der Waals surface area contributed by atoms with E-state index in [0.717, 1.165) is 38.9 Å². The van der Waals surface area contributed by atoms with Gasteiger partial charge in [0.05, 0.1) is 10.5 Å². The molecule has 2 aromatic rings. The van der Waals surface area contributed by atoms with Crippen LogP contribution < -0.4 is 0 Å². The second-order valence-electron chi connectivity index (χ2n) is 11.3. The maximum atomic E-state index is 13.4. The van der Waals surface area contributed by atoms with Crippen LogP contribution in [-0.2, 0) is 12.1 Å². The molecule has 180 valence electrons. The third kappa shape index (κ3) is 3.82. The highest BCUT2D eigenvalue weighted by atomic mass is 16.6. The van der Waals surface area contributed by atoms with Gasteiger partial charge >= 0.3 is 5.69 Å². The maximum absolute atomic E-state index is 13.4. The molecule has 34 heavy (non-hydrogen) atoms. The van der Waals surface area contributed by atoms with Gasteiger partial charge in [-0.25, -0.2) is 0 Å². The summed E-state index contributed by atoms with van der Waals surface area (Å²) in [5.74, 6) is 1.81. The molecule has 0 N–H and O–H groups in total. The van der Waals surface area contributed by atoms with Gasteiger partial charge in [0.15, 0.2) is 0 Å². The minimum Gasteiger partial charge on any atom is -0.334 e. The summed E-state index contributed by atoms with van der Waals surface area (Å²) in [6, 6.07) is 8.49. The molecule has 8 heteroatoms. The summed E-state index contributed by atoms with van der Waals surface area (Å²) < 4.78 is 1.84. The molecule has 0 radical (unpaired) electrons. The molecule has 4 bridgehead atoms. The number of hydrogen-bond donors (Lipinski definition) is 0. The third-order valence-corrected chi connectivity index (χ3v) is 8.73. The molecule has 4 aliphatic carbocycles. The van der Waals surface area contributed by atoms with Gasteiger partial charge in [0.1, 0.15) is 6.20 Å². The fourth-order valence-corrected chi connectivity index (χ4v) is 7.57. The average Bonchev–Trinajstić information content (AvgIpc) is 3.25. The first-order valence-electron chi connectivity index (χ1n) is 12.7. The molecule has 5 fully saturated rings. The topological polar surface area (TPSA) is 84.5 Å². The summed E-state index contributed by atoms with van der Waals surface area (Å²) in [5, 5.41) is 16.6. The Morgan fingerprint density at radius 1 is 1.09 bits per heavy atom. The average molecular weight is 464 g/mol. The number of carbonyl (C=O) groups is 1. The molecule has 7 rings (SSSR count). The molecule has 4 saturated carbocycles. The van der Waals surface area contributed by atoms with Crippen LogP contribution in [0.2, 0.25) is 0 Å². The van der Waals surface area contributed by atoms with Crippen LogP contribution in [0.25, 0.3) is 0 Å². The monoisotopic (exact) mass is 463 g/mol. The van der Waals surface area contributed by atoms with E-state index in [1.807, 2.05) is 4.68 Å². The quantitative estimate of drug-likeness (QED) is 0.495. The minimum atomic E-state index is -0.425. The molecule has 2 heterocycles. The zero-order valence-electron chi connectivity index (χ0n) is 19.9. The van der Waals surface area contributed by atoms with Gasteiger partial charge in [-0.05, 0) is 68.8 Å². The van der Waals surface area contributed by atoms with E-state index in [9.17, 15) is 14.9 Å². The molecule has 8 nitrogen and oxygen atoms in total. The van der Waals surface area contributed by atoms with Gasteiger partial charge in [-0.3, -0.25) is 24.5 Å². The van der Waals surface area contributed by atoms with Crippen LogP contribution in [-0.4, -0.2) is 56.6 Å². The lowest BCUT2D eigenvalue weighted by molar-refractivity contribution is -0.385. The van der Waals surface area contributed by atoms with E-state index < -0.39 is 4.92 Å². The predicted octanol–water partition coefficient (Wildman–Crippen LogP) is 3.98. The van der Waals surface area contributed by atoms with Gasteiger partial charge in [0, 0.05) is 32.7 Å². The van der Waals surface area contributed by atoms with E-state index in [1.54, 1.807) is 11.1 Å². The van der Waals surface area contributed by atoms with E-state index in [1.165, 1.54) is 30.4 Å². The molecule has 0 spiro atoms. The third-order valence-electron chi connectivity index (χ3n) is 8.73. The fourth-order valence-electron chi connectivity index (χ4n) is 7.57. The minimum absolute atomic E-state index is 0.0212. The second kappa shape index (κ2) is 8.18. The van der Waals surface area contributed by atoms with Crippen LogP contribution in [0.4, 0.5) is 5.69 Å². The van der Waals surface area contributed by atoms with E-state index in [0.29, 0.717) is 30.8 Å². The van der Waals surface area contributed by atoms with Crippen molar-refractivity contribution in [3.63, 3.8) is 0 Å².